The predicted octanol–water partition coefficient (Wildman–Crippen LogP) is -0.330. The Hall–Kier alpha value is -3.25. The van der Waals surface area contributed by atoms with Crippen molar-refractivity contribution in [3.05, 3.63) is 144 Å². The van der Waals surface area contributed by atoms with E-state index in [-0.39, 0.29) is 51.8 Å². The lowest BCUT2D eigenvalue weighted by Gasteiger charge is -2.45. The number of aliphatic hydroxyl groups is 10. The van der Waals surface area contributed by atoms with E-state index in [1.807, 2.05) is 121 Å². The molecule has 4 aromatic rings. The summed E-state index contributed by atoms with van der Waals surface area (Å²) in [6.07, 6.45) is -17.3. The van der Waals surface area contributed by atoms with E-state index < -0.39 is 149 Å². The predicted molar refractivity (Wildman–Crippen MR) is 291 cm³/mol. The van der Waals surface area contributed by atoms with E-state index in [9.17, 15) is 33.1 Å². The van der Waals surface area contributed by atoms with Crippen LogP contribution in [0.4, 0.5) is 0 Å². The minimum atomic E-state index is -3.90. The van der Waals surface area contributed by atoms with Crippen molar-refractivity contribution in [2.45, 2.75) is 123 Å². The molecule has 21 atom stereocenters. The Morgan fingerprint density at radius 2 is 0.871 bits per heavy atom. The monoisotopic (exact) mass is 1300 g/mol. The lowest BCUT2D eigenvalue weighted by molar-refractivity contribution is -0.354. The minimum absolute atomic E-state index is 0.0420. The Bertz CT molecular complexity index is 2720. The van der Waals surface area contributed by atoms with E-state index >= 15 is 0 Å². The van der Waals surface area contributed by atoms with Gasteiger partial charge in [-0.1, -0.05) is 121 Å². The van der Waals surface area contributed by atoms with Gasteiger partial charge < -0.3 is 98.4 Å². The number of ether oxygens (including phenoxy) is 10. The molecule has 8 aliphatic heterocycles. The number of rotatable bonds is 6. The van der Waals surface area contributed by atoms with Gasteiger partial charge in [0.1, 0.15) is 85.5 Å². The maximum Gasteiger partial charge on any atom is 0.400 e. The normalized spacial score (nSPS) is 37.3. The molecule has 0 aromatic heterocycles. The van der Waals surface area contributed by atoms with Crippen LogP contribution < -0.4 is 0 Å². The molecule has 0 amide bonds. The summed E-state index contributed by atoms with van der Waals surface area (Å²) in [5, 5.41) is 92.0. The molecule has 0 saturated carbocycles. The van der Waals surface area contributed by atoms with Gasteiger partial charge in [0, 0.05) is 43.6 Å². The summed E-state index contributed by atoms with van der Waals surface area (Å²) in [6.45, 7) is 0.390. The first-order valence-corrected chi connectivity index (χ1v) is 31.2. The zero-order valence-electron chi connectivity index (χ0n) is 44.6. The molecule has 8 fully saturated rings. The third-order valence-electron chi connectivity index (χ3n) is 13.2. The van der Waals surface area contributed by atoms with E-state index in [0.29, 0.717) is 6.61 Å². The summed E-state index contributed by atoms with van der Waals surface area (Å²) in [5.41, 5.74) is 3.55. The van der Waals surface area contributed by atoms with Crippen molar-refractivity contribution in [3.63, 3.8) is 0 Å². The number of halogens is 2. The molecule has 0 spiro atoms. The summed E-state index contributed by atoms with van der Waals surface area (Å²) in [5.74, 6) is 0. The Kier molecular flexibility index (Phi) is 27.8. The summed E-state index contributed by atoms with van der Waals surface area (Å²) in [4.78, 5) is 0. The van der Waals surface area contributed by atoms with Gasteiger partial charge in [-0.25, -0.2) is 12.6 Å². The highest BCUT2D eigenvalue weighted by Gasteiger charge is 2.49. The van der Waals surface area contributed by atoms with Gasteiger partial charge in [-0.3, -0.25) is 8.37 Å². The van der Waals surface area contributed by atoms with Crippen LogP contribution in [-0.2, 0) is 95.1 Å². The molecule has 8 aliphatic rings. The van der Waals surface area contributed by atoms with Crippen LogP contribution in [0.1, 0.15) is 47.4 Å². The van der Waals surface area contributed by atoms with Crippen molar-refractivity contribution in [2.24, 2.45) is 0 Å². The van der Waals surface area contributed by atoms with Crippen LogP contribution in [0.5, 0.6) is 0 Å². The lowest BCUT2D eigenvalue weighted by atomic mass is 9.98. The molecule has 0 aliphatic carbocycles. The van der Waals surface area contributed by atoms with Gasteiger partial charge in [0.05, 0.1) is 52.9 Å². The van der Waals surface area contributed by atoms with Crippen molar-refractivity contribution < 1.29 is 132 Å². The molecule has 12 unspecified atom stereocenters. The molecule has 33 heteroatoms. The van der Waals surface area contributed by atoms with Gasteiger partial charge in [0.15, 0.2) is 37.7 Å². The van der Waals surface area contributed by atoms with Gasteiger partial charge in [0.25, 0.3) is 0 Å². The summed E-state index contributed by atoms with van der Waals surface area (Å²) >= 11 is -1.67. The van der Waals surface area contributed by atoms with Gasteiger partial charge in [-0.15, -0.1) is 0 Å². The van der Waals surface area contributed by atoms with Crippen molar-refractivity contribution in [1.29, 1.82) is 0 Å². The Balaban J connectivity index is 0.000000151. The average Bonchev–Trinajstić information content (AvgIpc) is 3.71. The number of fused-ring (bicyclic) bond motifs is 3. The van der Waals surface area contributed by atoms with Crippen LogP contribution >= 0.6 is 21.4 Å². The van der Waals surface area contributed by atoms with Gasteiger partial charge in [-0.05, 0) is 0 Å². The molecule has 4 aromatic carbocycles. The molecule has 8 saturated heterocycles. The summed E-state index contributed by atoms with van der Waals surface area (Å²) in [7, 11) is 3.46. The zero-order chi connectivity index (χ0) is 61.2. The fourth-order valence-electron chi connectivity index (χ4n) is 8.76. The van der Waals surface area contributed by atoms with Crippen molar-refractivity contribution in [1.82, 2.24) is 0 Å². The minimum Gasteiger partial charge on any atom is -0.394 e. The van der Waals surface area contributed by atoms with E-state index in [4.69, 9.17) is 90.0 Å². The number of benzene rings is 4. The van der Waals surface area contributed by atoms with Crippen LogP contribution in [0.15, 0.2) is 121 Å². The highest BCUT2D eigenvalue weighted by Crippen LogP contribution is 2.35. The molecule has 0 bridgehead atoms. The van der Waals surface area contributed by atoms with Crippen LogP contribution in [-0.4, -0.2) is 219 Å². The first-order chi connectivity index (χ1) is 40.7. The maximum atomic E-state index is 11.1. The SMILES string of the molecule is O=S(Cl)Cl.O=S1(=O)OC[C@@H]2OC(c3ccccc3)OCC2O1.O=[S@]1OC[C@@H]2OC(c3ccccc3)OCC2O1.OC1OC2COC(c3ccccc3)O[C@H]2[C@H](O)C1O.OCC1OC(O)C(O)[C@@H](O)[C@@H]1O.OCC1O[C@@H](c2ccccc2)OC[C@H]1O. The molecule has 474 valence electrons. The second-order valence-electron chi connectivity index (χ2n) is 19.1. The molecule has 28 nitrogen and oxygen atoms in total. The van der Waals surface area contributed by atoms with E-state index in [2.05, 4.69) is 30.3 Å². The Morgan fingerprint density at radius 3 is 1.36 bits per heavy atom. The first-order valence-electron chi connectivity index (χ1n) is 26.0. The Morgan fingerprint density at radius 1 is 0.459 bits per heavy atom. The van der Waals surface area contributed by atoms with E-state index in [0.717, 1.165) is 22.3 Å². The Labute approximate surface area is 501 Å². The molecule has 12 rings (SSSR count). The number of hydrogen-bond acceptors (Lipinski definition) is 28. The van der Waals surface area contributed by atoms with E-state index in [1.165, 1.54) is 0 Å². The van der Waals surface area contributed by atoms with Crippen molar-refractivity contribution >= 4 is 52.4 Å². The highest BCUT2D eigenvalue weighted by molar-refractivity contribution is 8.26. The van der Waals surface area contributed by atoms with Crippen molar-refractivity contribution in [2.75, 3.05) is 52.9 Å². The van der Waals surface area contributed by atoms with Gasteiger partial charge in [0.2, 0.25) is 9.23 Å². The van der Waals surface area contributed by atoms with Crippen LogP contribution in [0.2, 0.25) is 0 Å². The van der Waals surface area contributed by atoms with Gasteiger partial charge >= 0.3 is 21.8 Å². The quantitative estimate of drug-likeness (QED) is 0.111. The maximum absolute atomic E-state index is 11.1. The van der Waals surface area contributed by atoms with Crippen LogP contribution in [0, 0.1) is 0 Å². The summed E-state index contributed by atoms with van der Waals surface area (Å²) in [6, 6.07) is 37.9. The second-order valence-corrected chi connectivity index (χ2v) is 23.7. The second kappa shape index (κ2) is 34.1. The fourth-order valence-corrected chi connectivity index (χ4v) is 10.3. The molecular formula is C52H66Cl2O28S3. The number of hydrogen-bond donors (Lipinski definition) is 10. The molecular weight excluding hydrogens is 1240 g/mol. The zero-order valence-corrected chi connectivity index (χ0v) is 48.5. The lowest BCUT2D eigenvalue weighted by Crippen LogP contribution is -2.61. The van der Waals surface area contributed by atoms with Gasteiger partial charge in [-0.2, -0.15) is 12.6 Å². The van der Waals surface area contributed by atoms with Crippen molar-refractivity contribution in [3.8, 4) is 0 Å². The molecule has 8 heterocycles. The molecule has 85 heavy (non-hydrogen) atoms. The third-order valence-corrected chi connectivity index (χ3v) is 14.9. The molecule has 0 radical (unpaired) electrons. The van der Waals surface area contributed by atoms with Crippen LogP contribution in [0.25, 0.3) is 0 Å². The topological polar surface area (TPSA) is 400 Å². The smallest absolute Gasteiger partial charge is 0.394 e. The fraction of sp³-hybridized carbons (Fsp3) is 0.538. The van der Waals surface area contributed by atoms with E-state index in [1.54, 1.807) is 0 Å². The molecule has 10 N–H and O–H groups in total. The van der Waals surface area contributed by atoms with Crippen LogP contribution in [0.3, 0.4) is 0 Å². The standard InChI is InChI=1S/C13H16O6.C11H12O6S.C11H12O5S.C11H14O4.C6H12O6.Cl2OS/c14-9-10(15)12(16)18-8-6-17-13(19-11(8)9)7-4-2-1-3-5-7;12-18(13)15-7-9-10(17-18)6-14-11(16-9)8-4-2-1-3-5-8;12-17-14-7-9-10(16-17)6-13-11(15-9)8-4-2-1-3-5-8;12-6-10-9(13)7-14-11(15-10)8-4-2-1-3-5-8;7-1-2-3(8)4(9)5(10)6(11)12-2;1-4(2)3/h1-5,8-16H,6H2;1-5,9-11H,6-7H2;1-5,9-11H,6-7H2;1-5,9-13H,6-7H2;2-11H,1H2;/t8?,9-,10?,11-,12?,13?;9-,10?,11?;9-,10?,11?,17-;9-,10?,11+;2?,3-,4+,5?,6?;/m10011./s1. The number of aliphatic hydroxyl groups excluding tert-OH is 10. The summed E-state index contributed by atoms with van der Waals surface area (Å²) < 4.78 is 116. The third kappa shape index (κ3) is 20.4. The first kappa shape index (κ1) is 69.2. The average molecular weight is 1310 g/mol. The largest absolute Gasteiger partial charge is 0.400 e. The highest BCUT2D eigenvalue weighted by atomic mass is 36.0.